The van der Waals surface area contributed by atoms with Gasteiger partial charge in [0.25, 0.3) is 0 Å². The number of carbonyl (C=O) groups is 1. The van der Waals surface area contributed by atoms with Crippen LogP contribution in [0.25, 0.3) is 0 Å². The minimum absolute atomic E-state index is 0.0220. The van der Waals surface area contributed by atoms with Crippen LogP contribution in [0.1, 0.15) is 24.1 Å². The second kappa shape index (κ2) is 4.53. The molecule has 3 rings (SSSR count). The van der Waals surface area contributed by atoms with E-state index >= 15 is 0 Å². The summed E-state index contributed by atoms with van der Waals surface area (Å²) in [7, 11) is 0. The first-order chi connectivity index (χ1) is 9.21. The van der Waals surface area contributed by atoms with Crippen LogP contribution in [0.5, 0.6) is 0 Å². The number of nitrogens with one attached hydrogen (secondary N) is 2. The maximum atomic E-state index is 12.9. The Morgan fingerprint density at radius 2 is 2.00 bits per heavy atom. The third-order valence-electron chi connectivity index (χ3n) is 3.68. The van der Waals surface area contributed by atoms with E-state index in [0.717, 1.165) is 24.1 Å². The Hall–Kier alpha value is -2.10. The van der Waals surface area contributed by atoms with Crippen molar-refractivity contribution >= 4 is 5.91 Å². The SMILES string of the molecule is O=C(NCc1ccc[nH]1)C1(c2ccc(F)cc2)CC1. The highest BCUT2D eigenvalue weighted by atomic mass is 19.1. The standard InChI is InChI=1S/C15H15FN2O/c16-12-5-3-11(4-6-12)15(7-8-15)14(19)18-10-13-2-1-9-17-13/h1-6,9,17H,7-8,10H2,(H,18,19). The lowest BCUT2D eigenvalue weighted by atomic mass is 9.95. The van der Waals surface area contributed by atoms with Crippen molar-refractivity contribution in [2.45, 2.75) is 24.8 Å². The van der Waals surface area contributed by atoms with Crippen molar-refractivity contribution in [3.8, 4) is 0 Å². The van der Waals surface area contributed by atoms with Crippen LogP contribution in [0.2, 0.25) is 0 Å². The second-order valence-electron chi connectivity index (χ2n) is 4.97. The smallest absolute Gasteiger partial charge is 0.230 e. The van der Waals surface area contributed by atoms with Crippen LogP contribution in [0.4, 0.5) is 4.39 Å². The van der Waals surface area contributed by atoms with Gasteiger partial charge in [0.15, 0.2) is 0 Å². The quantitative estimate of drug-likeness (QED) is 0.869. The zero-order valence-corrected chi connectivity index (χ0v) is 10.4. The van der Waals surface area contributed by atoms with E-state index in [2.05, 4.69) is 10.3 Å². The Labute approximate surface area is 110 Å². The van der Waals surface area contributed by atoms with E-state index in [-0.39, 0.29) is 11.7 Å². The lowest BCUT2D eigenvalue weighted by Crippen LogP contribution is -2.34. The molecule has 0 aliphatic heterocycles. The first-order valence-corrected chi connectivity index (χ1v) is 6.37. The van der Waals surface area contributed by atoms with E-state index in [4.69, 9.17) is 0 Å². The summed E-state index contributed by atoms with van der Waals surface area (Å²) in [5, 5.41) is 2.94. The summed E-state index contributed by atoms with van der Waals surface area (Å²) >= 11 is 0. The molecule has 0 atom stereocenters. The van der Waals surface area contributed by atoms with Crippen molar-refractivity contribution in [1.82, 2.24) is 10.3 Å². The fraction of sp³-hybridized carbons (Fsp3) is 0.267. The molecule has 1 aromatic carbocycles. The van der Waals surface area contributed by atoms with Gasteiger partial charge in [-0.1, -0.05) is 12.1 Å². The average Bonchev–Trinajstić information content (AvgIpc) is 3.07. The first kappa shape index (κ1) is 12.0. The van der Waals surface area contributed by atoms with Gasteiger partial charge >= 0.3 is 0 Å². The highest BCUT2D eigenvalue weighted by Crippen LogP contribution is 2.48. The number of aromatic amines is 1. The van der Waals surface area contributed by atoms with Crippen molar-refractivity contribution in [1.29, 1.82) is 0 Å². The number of hydrogen-bond acceptors (Lipinski definition) is 1. The predicted molar refractivity (Wildman–Crippen MR) is 70.0 cm³/mol. The summed E-state index contributed by atoms with van der Waals surface area (Å²) in [6, 6.07) is 10.1. The Morgan fingerprint density at radius 3 is 2.58 bits per heavy atom. The zero-order chi connectivity index (χ0) is 13.3. The van der Waals surface area contributed by atoms with Gasteiger partial charge in [0.05, 0.1) is 12.0 Å². The normalized spacial score (nSPS) is 16.1. The van der Waals surface area contributed by atoms with Gasteiger partial charge in [0, 0.05) is 11.9 Å². The first-order valence-electron chi connectivity index (χ1n) is 6.37. The summed E-state index contributed by atoms with van der Waals surface area (Å²) < 4.78 is 12.9. The molecule has 19 heavy (non-hydrogen) atoms. The van der Waals surface area contributed by atoms with Crippen molar-refractivity contribution in [3.63, 3.8) is 0 Å². The molecule has 4 heteroatoms. The Morgan fingerprint density at radius 1 is 1.26 bits per heavy atom. The van der Waals surface area contributed by atoms with Gasteiger partial charge in [0.2, 0.25) is 5.91 Å². The molecule has 3 nitrogen and oxygen atoms in total. The van der Waals surface area contributed by atoms with E-state index in [9.17, 15) is 9.18 Å². The molecule has 0 spiro atoms. The molecule has 1 aromatic heterocycles. The van der Waals surface area contributed by atoms with Gasteiger partial charge < -0.3 is 10.3 Å². The molecule has 0 bridgehead atoms. The van der Waals surface area contributed by atoms with Crippen LogP contribution in [0.3, 0.4) is 0 Å². The minimum Gasteiger partial charge on any atom is -0.364 e. The number of benzene rings is 1. The molecule has 0 unspecified atom stereocenters. The summed E-state index contributed by atoms with van der Waals surface area (Å²) in [5.74, 6) is -0.250. The van der Waals surface area contributed by atoms with E-state index in [0.29, 0.717) is 6.54 Å². The third kappa shape index (κ3) is 2.26. The van der Waals surface area contributed by atoms with Gasteiger partial charge in [-0.05, 0) is 42.7 Å². The van der Waals surface area contributed by atoms with Crippen molar-refractivity contribution in [2.24, 2.45) is 0 Å². The molecule has 1 aliphatic rings. The maximum Gasteiger partial charge on any atom is 0.230 e. The summed E-state index contributed by atoms with van der Waals surface area (Å²) in [6.45, 7) is 0.495. The van der Waals surface area contributed by atoms with Crippen LogP contribution in [0, 0.1) is 5.82 Å². The van der Waals surface area contributed by atoms with Gasteiger partial charge in [0.1, 0.15) is 5.82 Å². The van der Waals surface area contributed by atoms with E-state index in [1.165, 1.54) is 12.1 Å². The predicted octanol–water partition coefficient (Wildman–Crippen LogP) is 2.50. The van der Waals surface area contributed by atoms with Gasteiger partial charge in [-0.25, -0.2) is 4.39 Å². The molecule has 1 amide bonds. The van der Waals surface area contributed by atoms with Crippen LogP contribution in [0.15, 0.2) is 42.6 Å². The van der Waals surface area contributed by atoms with Crippen molar-refractivity contribution in [3.05, 3.63) is 59.7 Å². The lowest BCUT2D eigenvalue weighted by Gasteiger charge is -2.15. The highest BCUT2D eigenvalue weighted by Gasteiger charge is 2.51. The molecule has 1 aliphatic carbocycles. The Kier molecular flexibility index (Phi) is 2.85. The zero-order valence-electron chi connectivity index (χ0n) is 10.4. The van der Waals surface area contributed by atoms with E-state index in [1.54, 1.807) is 12.1 Å². The lowest BCUT2D eigenvalue weighted by molar-refractivity contribution is -0.123. The molecule has 1 heterocycles. The number of rotatable bonds is 4. The largest absolute Gasteiger partial charge is 0.364 e. The monoisotopic (exact) mass is 258 g/mol. The Bertz CT molecular complexity index is 571. The van der Waals surface area contributed by atoms with Crippen LogP contribution < -0.4 is 5.32 Å². The molecular weight excluding hydrogens is 243 g/mol. The fourth-order valence-electron chi connectivity index (χ4n) is 2.36. The summed E-state index contributed by atoms with van der Waals surface area (Å²) in [6.07, 6.45) is 3.48. The number of H-pyrrole nitrogens is 1. The van der Waals surface area contributed by atoms with Gasteiger partial charge in [-0.15, -0.1) is 0 Å². The molecular formula is C15H15FN2O. The van der Waals surface area contributed by atoms with E-state index < -0.39 is 5.41 Å². The summed E-state index contributed by atoms with van der Waals surface area (Å²) in [4.78, 5) is 15.3. The van der Waals surface area contributed by atoms with Crippen molar-refractivity contribution < 1.29 is 9.18 Å². The topological polar surface area (TPSA) is 44.9 Å². The Balaban J connectivity index is 1.70. The van der Waals surface area contributed by atoms with Gasteiger partial charge in [-0.3, -0.25) is 4.79 Å². The minimum atomic E-state index is -0.444. The number of hydrogen-bond donors (Lipinski definition) is 2. The maximum absolute atomic E-state index is 12.9. The number of amides is 1. The second-order valence-corrected chi connectivity index (χ2v) is 4.97. The third-order valence-corrected chi connectivity index (χ3v) is 3.68. The fourth-order valence-corrected chi connectivity index (χ4v) is 2.36. The number of halogens is 1. The molecule has 0 saturated heterocycles. The molecule has 1 fully saturated rings. The highest BCUT2D eigenvalue weighted by molar-refractivity contribution is 5.91. The number of carbonyl (C=O) groups excluding carboxylic acids is 1. The molecule has 2 N–H and O–H groups in total. The summed E-state index contributed by atoms with van der Waals surface area (Å²) in [5.41, 5.74) is 1.43. The van der Waals surface area contributed by atoms with Gasteiger partial charge in [-0.2, -0.15) is 0 Å². The van der Waals surface area contributed by atoms with Crippen molar-refractivity contribution in [2.75, 3.05) is 0 Å². The molecule has 98 valence electrons. The number of aromatic nitrogens is 1. The van der Waals surface area contributed by atoms with Crippen LogP contribution >= 0.6 is 0 Å². The molecule has 2 aromatic rings. The molecule has 0 radical (unpaired) electrons. The van der Waals surface area contributed by atoms with E-state index in [1.807, 2.05) is 18.3 Å². The van der Waals surface area contributed by atoms with Crippen LogP contribution in [-0.4, -0.2) is 10.9 Å². The average molecular weight is 258 g/mol. The molecule has 1 saturated carbocycles. The van der Waals surface area contributed by atoms with Crippen LogP contribution in [-0.2, 0) is 16.8 Å².